The summed E-state index contributed by atoms with van der Waals surface area (Å²) in [6, 6.07) is 3.93. The van der Waals surface area contributed by atoms with Gasteiger partial charge in [0.25, 0.3) is 5.91 Å². The molecule has 1 atom stereocenters. The summed E-state index contributed by atoms with van der Waals surface area (Å²) in [5, 5.41) is 0.568. The zero-order chi connectivity index (χ0) is 23.3. The summed E-state index contributed by atoms with van der Waals surface area (Å²) in [7, 11) is 0. The standard InChI is InChI=1S/C22H18F4N4O3/c23-16-6-18-12(14-8-33-9-15(14)20(27)29-18)5-13(16)21(31)30-3-4-32-10-19(30)17-2-1-11(7-28-17)22(24,25)26/h1-2,5-7,19H,3-4,8-10H2,(H2,27,29). The third kappa shape index (κ3) is 3.76. The van der Waals surface area contributed by atoms with E-state index in [0.717, 1.165) is 17.7 Å². The average Bonchev–Trinajstić information content (AvgIpc) is 3.29. The lowest BCUT2D eigenvalue weighted by molar-refractivity contribution is -0.137. The Bertz CT molecular complexity index is 1250. The molecule has 0 saturated carbocycles. The van der Waals surface area contributed by atoms with E-state index >= 15 is 0 Å². The molecule has 33 heavy (non-hydrogen) atoms. The largest absolute Gasteiger partial charge is 0.417 e. The number of rotatable bonds is 2. The third-order valence-corrected chi connectivity index (χ3v) is 5.89. The van der Waals surface area contributed by atoms with Gasteiger partial charge in [0.15, 0.2) is 0 Å². The summed E-state index contributed by atoms with van der Waals surface area (Å²) in [6.07, 6.45) is -3.82. The Kier molecular flexibility index (Phi) is 5.17. The highest BCUT2D eigenvalue weighted by atomic mass is 19.4. The summed E-state index contributed by atoms with van der Waals surface area (Å²) in [5.41, 5.74) is 6.87. The van der Waals surface area contributed by atoms with Gasteiger partial charge in [-0.2, -0.15) is 13.2 Å². The van der Waals surface area contributed by atoms with Gasteiger partial charge in [-0.15, -0.1) is 0 Å². The number of anilines is 1. The number of ether oxygens (including phenoxy) is 2. The van der Waals surface area contributed by atoms with Crippen molar-refractivity contribution in [3.05, 3.63) is 64.2 Å². The van der Waals surface area contributed by atoms with Gasteiger partial charge in [0.1, 0.15) is 11.6 Å². The van der Waals surface area contributed by atoms with Crippen molar-refractivity contribution in [2.24, 2.45) is 0 Å². The number of halogens is 4. The van der Waals surface area contributed by atoms with E-state index in [-0.39, 0.29) is 50.0 Å². The minimum absolute atomic E-state index is 0.0284. The molecule has 0 radical (unpaired) electrons. The summed E-state index contributed by atoms with van der Waals surface area (Å²) in [6.45, 7) is 0.925. The van der Waals surface area contributed by atoms with E-state index in [1.165, 1.54) is 17.0 Å². The predicted octanol–water partition coefficient (Wildman–Crippen LogP) is 3.61. The molecule has 5 rings (SSSR count). The van der Waals surface area contributed by atoms with Gasteiger partial charge in [-0.25, -0.2) is 9.37 Å². The average molecular weight is 462 g/mol. The highest BCUT2D eigenvalue weighted by molar-refractivity contribution is 5.99. The van der Waals surface area contributed by atoms with E-state index in [4.69, 9.17) is 15.2 Å². The zero-order valence-corrected chi connectivity index (χ0v) is 17.2. The number of aromatic nitrogens is 2. The molecule has 0 spiro atoms. The normalized spacial score (nSPS) is 18.5. The molecular formula is C22H18F4N4O3. The van der Waals surface area contributed by atoms with Crippen LogP contribution in [0.15, 0.2) is 30.5 Å². The Hall–Kier alpha value is -3.31. The van der Waals surface area contributed by atoms with Crippen molar-refractivity contribution in [3.63, 3.8) is 0 Å². The van der Waals surface area contributed by atoms with Crippen LogP contribution in [0.2, 0.25) is 0 Å². The second-order valence-corrected chi connectivity index (χ2v) is 7.85. The summed E-state index contributed by atoms with van der Waals surface area (Å²) in [4.78, 5) is 22.9. The maximum absolute atomic E-state index is 15.0. The second-order valence-electron chi connectivity index (χ2n) is 7.85. The number of carbonyl (C=O) groups excluding carboxylic acids is 1. The molecule has 3 aromatic rings. The smallest absolute Gasteiger partial charge is 0.383 e. The molecule has 4 heterocycles. The van der Waals surface area contributed by atoms with Gasteiger partial charge >= 0.3 is 6.18 Å². The highest BCUT2D eigenvalue weighted by Gasteiger charge is 2.34. The number of hydrogen-bond acceptors (Lipinski definition) is 6. The second kappa shape index (κ2) is 7.92. The van der Waals surface area contributed by atoms with Gasteiger partial charge in [-0.3, -0.25) is 9.78 Å². The number of alkyl halides is 3. The number of pyridine rings is 2. The molecule has 1 amide bonds. The Balaban J connectivity index is 1.52. The van der Waals surface area contributed by atoms with E-state index in [0.29, 0.717) is 22.7 Å². The minimum atomic E-state index is -4.53. The first-order valence-electron chi connectivity index (χ1n) is 10.1. The Morgan fingerprint density at radius 2 is 1.94 bits per heavy atom. The fraction of sp³-hybridized carbons (Fsp3) is 0.318. The number of benzene rings is 1. The molecule has 1 unspecified atom stereocenters. The molecule has 1 fully saturated rings. The summed E-state index contributed by atoms with van der Waals surface area (Å²) in [5.74, 6) is -1.13. The van der Waals surface area contributed by atoms with Crippen LogP contribution in [-0.4, -0.2) is 40.5 Å². The molecule has 11 heteroatoms. The fourth-order valence-electron chi connectivity index (χ4n) is 4.17. The Morgan fingerprint density at radius 3 is 2.67 bits per heavy atom. The van der Waals surface area contributed by atoms with Crippen LogP contribution in [-0.2, 0) is 28.9 Å². The number of carbonyl (C=O) groups is 1. The SMILES string of the molecule is Nc1nc2cc(F)c(C(=O)N3CCOCC3c3ccc(C(F)(F)F)cn3)cc2c2c1COC2. The number of fused-ring (bicyclic) bond motifs is 3. The van der Waals surface area contributed by atoms with Crippen molar-refractivity contribution < 1.29 is 31.8 Å². The van der Waals surface area contributed by atoms with Crippen LogP contribution in [0.4, 0.5) is 23.4 Å². The molecule has 2 aliphatic heterocycles. The van der Waals surface area contributed by atoms with Gasteiger partial charge in [0.2, 0.25) is 0 Å². The van der Waals surface area contributed by atoms with Crippen molar-refractivity contribution in [1.82, 2.24) is 14.9 Å². The van der Waals surface area contributed by atoms with Crippen LogP contribution in [0.3, 0.4) is 0 Å². The van der Waals surface area contributed by atoms with Crippen molar-refractivity contribution >= 4 is 22.6 Å². The molecule has 1 aromatic carbocycles. The first kappa shape index (κ1) is 21.5. The lowest BCUT2D eigenvalue weighted by atomic mass is 10.0. The number of nitrogen functional groups attached to an aromatic ring is 1. The van der Waals surface area contributed by atoms with Crippen LogP contribution < -0.4 is 5.73 Å². The molecule has 172 valence electrons. The highest BCUT2D eigenvalue weighted by Crippen LogP contribution is 2.34. The molecule has 0 bridgehead atoms. The van der Waals surface area contributed by atoms with Crippen LogP contribution in [0.5, 0.6) is 0 Å². The number of nitrogens with zero attached hydrogens (tertiary/aromatic N) is 3. The van der Waals surface area contributed by atoms with E-state index in [1.54, 1.807) is 0 Å². The molecular weight excluding hydrogens is 444 g/mol. The summed E-state index contributed by atoms with van der Waals surface area (Å²) < 4.78 is 64.5. The van der Waals surface area contributed by atoms with E-state index in [1.807, 2.05) is 0 Å². The van der Waals surface area contributed by atoms with Crippen molar-refractivity contribution in [3.8, 4) is 0 Å². The minimum Gasteiger partial charge on any atom is -0.383 e. The number of nitrogens with two attached hydrogens (primary N) is 1. The fourth-order valence-corrected chi connectivity index (χ4v) is 4.17. The molecule has 1 saturated heterocycles. The number of hydrogen-bond donors (Lipinski definition) is 1. The van der Waals surface area contributed by atoms with Crippen LogP contribution in [0.1, 0.15) is 38.8 Å². The molecule has 2 N–H and O–H groups in total. The van der Waals surface area contributed by atoms with Crippen molar-refractivity contribution in [2.45, 2.75) is 25.4 Å². The van der Waals surface area contributed by atoms with Crippen LogP contribution in [0, 0.1) is 5.82 Å². The molecule has 2 aromatic heterocycles. The van der Waals surface area contributed by atoms with Crippen LogP contribution in [0.25, 0.3) is 10.9 Å². The number of amides is 1. The monoisotopic (exact) mass is 462 g/mol. The van der Waals surface area contributed by atoms with Crippen molar-refractivity contribution in [2.75, 3.05) is 25.5 Å². The topological polar surface area (TPSA) is 90.6 Å². The van der Waals surface area contributed by atoms with Crippen molar-refractivity contribution in [1.29, 1.82) is 0 Å². The van der Waals surface area contributed by atoms with Gasteiger partial charge in [-0.1, -0.05) is 0 Å². The van der Waals surface area contributed by atoms with Crippen LogP contribution >= 0.6 is 0 Å². The maximum Gasteiger partial charge on any atom is 0.417 e. The summed E-state index contributed by atoms with van der Waals surface area (Å²) >= 11 is 0. The van der Waals surface area contributed by atoms with Gasteiger partial charge in [-0.05, 0) is 23.8 Å². The first-order chi connectivity index (χ1) is 15.7. The first-order valence-corrected chi connectivity index (χ1v) is 10.1. The maximum atomic E-state index is 15.0. The molecule has 0 aliphatic carbocycles. The quantitative estimate of drug-likeness (QED) is 0.586. The molecule has 2 aliphatic rings. The van der Waals surface area contributed by atoms with Gasteiger partial charge < -0.3 is 20.1 Å². The van der Waals surface area contributed by atoms with E-state index < -0.39 is 29.5 Å². The predicted molar refractivity (Wildman–Crippen MR) is 108 cm³/mol. The van der Waals surface area contributed by atoms with Gasteiger partial charge in [0.05, 0.1) is 54.8 Å². The lowest BCUT2D eigenvalue weighted by Crippen LogP contribution is -2.44. The number of morpholine rings is 1. The van der Waals surface area contributed by atoms with E-state index in [2.05, 4.69) is 9.97 Å². The Morgan fingerprint density at radius 1 is 1.15 bits per heavy atom. The Labute approximate surface area is 185 Å². The molecule has 7 nitrogen and oxygen atoms in total. The zero-order valence-electron chi connectivity index (χ0n) is 17.2. The van der Waals surface area contributed by atoms with Gasteiger partial charge in [0, 0.05) is 29.8 Å². The third-order valence-electron chi connectivity index (χ3n) is 5.89. The lowest BCUT2D eigenvalue weighted by Gasteiger charge is -2.35. The van der Waals surface area contributed by atoms with E-state index in [9.17, 15) is 22.4 Å².